The van der Waals surface area contributed by atoms with Crippen molar-refractivity contribution in [3.63, 3.8) is 0 Å². The third-order valence-electron chi connectivity index (χ3n) is 2.49. The second-order valence-corrected chi connectivity index (χ2v) is 3.49. The van der Waals surface area contributed by atoms with Gasteiger partial charge in [-0.05, 0) is 19.1 Å². The zero-order valence-corrected chi connectivity index (χ0v) is 10.1. The summed E-state index contributed by atoms with van der Waals surface area (Å²) < 4.78 is 5.01. The maximum atomic E-state index is 12.0. The number of ether oxygens (including phenoxy) is 1. The predicted octanol–water partition coefficient (Wildman–Crippen LogP) is 1.60. The summed E-state index contributed by atoms with van der Waals surface area (Å²) in [5, 5.41) is 0. The quantitative estimate of drug-likeness (QED) is 0.588. The maximum absolute atomic E-state index is 12.0. The zero-order chi connectivity index (χ0) is 12.8. The first-order valence-electron chi connectivity index (χ1n) is 5.14. The van der Waals surface area contributed by atoms with Crippen LogP contribution >= 0.6 is 0 Å². The molecule has 91 valence electrons. The number of carbonyl (C=O) groups is 1. The van der Waals surface area contributed by atoms with Crippen molar-refractivity contribution in [2.24, 2.45) is 0 Å². The Morgan fingerprint density at radius 2 is 1.94 bits per heavy atom. The molecule has 1 aromatic carbocycles. The van der Waals surface area contributed by atoms with Crippen LogP contribution in [-0.2, 0) is 9.53 Å². The standard InChI is InChI=1S/C12H15N2O3/c1-10(17-3)13(2)12(16)14(9-15)11-7-5-4-6-8-11/h4-8,10H,1-3H3. The number of nitrogens with zero attached hydrogens (tertiary/aromatic N) is 2. The van der Waals surface area contributed by atoms with E-state index in [1.54, 1.807) is 50.7 Å². The van der Waals surface area contributed by atoms with Crippen molar-refractivity contribution in [3.05, 3.63) is 30.3 Å². The van der Waals surface area contributed by atoms with Crippen molar-refractivity contribution in [2.45, 2.75) is 13.2 Å². The Labute approximate surface area is 101 Å². The van der Waals surface area contributed by atoms with Gasteiger partial charge in [-0.3, -0.25) is 4.79 Å². The maximum Gasteiger partial charge on any atom is 0.333 e. The Hall–Kier alpha value is -1.88. The molecule has 1 unspecified atom stereocenters. The average Bonchev–Trinajstić information content (AvgIpc) is 2.38. The summed E-state index contributed by atoms with van der Waals surface area (Å²) in [6.45, 7) is 1.71. The molecular formula is C12H15N2O3. The molecule has 1 rings (SSSR count). The second-order valence-electron chi connectivity index (χ2n) is 3.49. The fourth-order valence-corrected chi connectivity index (χ4v) is 1.25. The lowest BCUT2D eigenvalue weighted by molar-refractivity contribution is 0.0212. The van der Waals surface area contributed by atoms with E-state index in [4.69, 9.17) is 4.74 Å². The van der Waals surface area contributed by atoms with E-state index < -0.39 is 12.3 Å². The Morgan fingerprint density at radius 3 is 2.41 bits per heavy atom. The predicted molar refractivity (Wildman–Crippen MR) is 64.2 cm³/mol. The number of para-hydroxylation sites is 1. The fraction of sp³-hybridized carbons (Fsp3) is 0.333. The van der Waals surface area contributed by atoms with Crippen LogP contribution in [0.3, 0.4) is 0 Å². The van der Waals surface area contributed by atoms with Gasteiger partial charge in [-0.2, -0.15) is 0 Å². The van der Waals surface area contributed by atoms with Crippen LogP contribution in [0, 0.1) is 0 Å². The van der Waals surface area contributed by atoms with Crippen LogP contribution in [-0.4, -0.2) is 37.7 Å². The van der Waals surface area contributed by atoms with Gasteiger partial charge >= 0.3 is 12.4 Å². The topological polar surface area (TPSA) is 49.9 Å². The summed E-state index contributed by atoms with van der Waals surface area (Å²) in [7, 11) is 3.05. The summed E-state index contributed by atoms with van der Waals surface area (Å²) in [5.74, 6) is 0. The van der Waals surface area contributed by atoms with E-state index in [2.05, 4.69) is 0 Å². The van der Waals surface area contributed by atoms with E-state index in [9.17, 15) is 9.59 Å². The lowest BCUT2D eigenvalue weighted by Gasteiger charge is -2.27. The van der Waals surface area contributed by atoms with Gasteiger partial charge in [0, 0.05) is 14.2 Å². The number of rotatable bonds is 4. The zero-order valence-electron chi connectivity index (χ0n) is 10.1. The Morgan fingerprint density at radius 1 is 1.35 bits per heavy atom. The first kappa shape index (κ1) is 13.2. The molecule has 0 aliphatic heterocycles. The van der Waals surface area contributed by atoms with Crippen LogP contribution in [0.2, 0.25) is 0 Å². The minimum Gasteiger partial charge on any atom is -0.362 e. The fourth-order valence-electron chi connectivity index (χ4n) is 1.25. The number of imide groups is 1. The van der Waals surface area contributed by atoms with Gasteiger partial charge in [0.05, 0.1) is 5.69 Å². The molecule has 0 N–H and O–H groups in total. The number of methoxy groups -OCH3 is 1. The van der Waals surface area contributed by atoms with Crippen molar-refractivity contribution < 1.29 is 14.3 Å². The van der Waals surface area contributed by atoms with E-state index in [1.165, 1.54) is 12.0 Å². The summed E-state index contributed by atoms with van der Waals surface area (Å²) in [6.07, 6.45) is 1.20. The van der Waals surface area contributed by atoms with Gasteiger partial charge < -0.3 is 9.64 Å². The summed E-state index contributed by atoms with van der Waals surface area (Å²) in [5.41, 5.74) is 0.475. The van der Waals surface area contributed by atoms with Crippen molar-refractivity contribution in [1.29, 1.82) is 0 Å². The number of urea groups is 1. The number of hydrogen-bond donors (Lipinski definition) is 0. The first-order chi connectivity index (χ1) is 8.11. The molecule has 0 saturated carbocycles. The SMILES string of the molecule is COC(C)N(C)C(=O)N([C]=O)c1ccccc1. The van der Waals surface area contributed by atoms with Gasteiger partial charge in [-0.25, -0.2) is 9.69 Å². The van der Waals surface area contributed by atoms with Crippen molar-refractivity contribution in [2.75, 3.05) is 19.1 Å². The third-order valence-corrected chi connectivity index (χ3v) is 2.49. The molecule has 5 nitrogen and oxygen atoms in total. The highest BCUT2D eigenvalue weighted by Gasteiger charge is 2.23. The summed E-state index contributed by atoms with van der Waals surface area (Å²) in [6, 6.07) is 8.13. The van der Waals surface area contributed by atoms with Gasteiger partial charge in [-0.15, -0.1) is 0 Å². The van der Waals surface area contributed by atoms with Crippen LogP contribution in [0.5, 0.6) is 0 Å². The van der Waals surface area contributed by atoms with E-state index >= 15 is 0 Å². The van der Waals surface area contributed by atoms with E-state index in [-0.39, 0.29) is 0 Å². The molecule has 1 aromatic rings. The second kappa shape index (κ2) is 6.00. The largest absolute Gasteiger partial charge is 0.362 e. The van der Waals surface area contributed by atoms with Crippen LogP contribution in [0.15, 0.2) is 30.3 Å². The molecule has 0 saturated heterocycles. The van der Waals surface area contributed by atoms with Crippen molar-refractivity contribution >= 4 is 18.1 Å². The van der Waals surface area contributed by atoms with Crippen LogP contribution < -0.4 is 4.90 Å². The molecule has 0 spiro atoms. The number of benzene rings is 1. The normalized spacial score (nSPS) is 11.7. The molecule has 0 heterocycles. The molecule has 0 aliphatic rings. The molecule has 1 radical (unpaired) electrons. The van der Waals surface area contributed by atoms with Crippen LogP contribution in [0.1, 0.15) is 6.92 Å². The average molecular weight is 235 g/mol. The highest BCUT2D eigenvalue weighted by atomic mass is 16.5. The highest BCUT2D eigenvalue weighted by molar-refractivity contribution is 6.06. The van der Waals surface area contributed by atoms with Crippen molar-refractivity contribution in [1.82, 2.24) is 4.90 Å². The Kier molecular flexibility index (Phi) is 4.66. The van der Waals surface area contributed by atoms with E-state index in [0.717, 1.165) is 4.90 Å². The first-order valence-corrected chi connectivity index (χ1v) is 5.14. The molecule has 0 aliphatic carbocycles. The molecule has 0 bridgehead atoms. The number of anilines is 1. The third kappa shape index (κ3) is 3.04. The minimum atomic E-state index is -0.486. The van der Waals surface area contributed by atoms with Gasteiger partial charge in [0.15, 0.2) is 0 Å². The molecule has 0 aromatic heterocycles. The molecule has 3 amide bonds. The van der Waals surface area contributed by atoms with Crippen LogP contribution in [0.4, 0.5) is 10.5 Å². The highest BCUT2D eigenvalue weighted by Crippen LogP contribution is 2.14. The number of hydrogen-bond acceptors (Lipinski definition) is 3. The Balaban J connectivity index is 2.89. The van der Waals surface area contributed by atoms with Gasteiger partial charge in [0.1, 0.15) is 6.23 Å². The van der Waals surface area contributed by atoms with Gasteiger partial charge in [0.25, 0.3) is 0 Å². The Bertz CT molecular complexity index is 381. The monoisotopic (exact) mass is 235 g/mol. The van der Waals surface area contributed by atoms with Gasteiger partial charge in [-0.1, -0.05) is 18.2 Å². The van der Waals surface area contributed by atoms with Crippen LogP contribution in [0.25, 0.3) is 0 Å². The lowest BCUT2D eigenvalue weighted by atomic mass is 10.3. The molecular weight excluding hydrogens is 220 g/mol. The molecule has 17 heavy (non-hydrogen) atoms. The molecule has 0 fully saturated rings. The summed E-state index contributed by atoms with van der Waals surface area (Å²) in [4.78, 5) is 25.1. The smallest absolute Gasteiger partial charge is 0.333 e. The van der Waals surface area contributed by atoms with E-state index in [0.29, 0.717) is 5.69 Å². The van der Waals surface area contributed by atoms with Gasteiger partial charge in [0.2, 0.25) is 0 Å². The number of amides is 3. The molecule has 1 atom stereocenters. The lowest BCUT2D eigenvalue weighted by Crippen LogP contribution is -2.45. The summed E-state index contributed by atoms with van der Waals surface area (Å²) >= 11 is 0. The minimum absolute atomic E-state index is 0.415. The molecule has 5 heteroatoms. The van der Waals surface area contributed by atoms with Crippen molar-refractivity contribution in [3.8, 4) is 0 Å². The number of carbonyl (C=O) groups excluding carboxylic acids is 2. The van der Waals surface area contributed by atoms with E-state index in [1.807, 2.05) is 0 Å².